The molecule has 0 bridgehead atoms. The maximum atomic E-state index is 6.01. The Balaban J connectivity index is 1.85. The third-order valence-electron chi connectivity index (χ3n) is 3.40. The van der Waals surface area contributed by atoms with Crippen LogP contribution in [0.3, 0.4) is 0 Å². The summed E-state index contributed by atoms with van der Waals surface area (Å²) in [6.45, 7) is 1.10. The maximum absolute atomic E-state index is 6.01. The molecule has 2 heteroatoms. The van der Waals surface area contributed by atoms with Gasteiger partial charge in [0.15, 0.2) is 0 Å². The van der Waals surface area contributed by atoms with E-state index in [1.54, 1.807) is 0 Å². The molecule has 0 amide bonds. The molecule has 0 spiro atoms. The van der Waals surface area contributed by atoms with E-state index in [1.807, 2.05) is 0 Å². The summed E-state index contributed by atoms with van der Waals surface area (Å²) >= 11 is 0. The van der Waals surface area contributed by atoms with Crippen molar-refractivity contribution in [2.24, 2.45) is 0 Å². The number of fused-ring (bicyclic) bond motifs is 1. The number of hydrogen-bond donors (Lipinski definition) is 1. The van der Waals surface area contributed by atoms with Crippen LogP contribution in [0.2, 0.25) is 0 Å². The number of hydrogen-bond acceptors (Lipinski definition) is 2. The zero-order chi connectivity index (χ0) is 10.1. The van der Waals surface area contributed by atoms with Crippen molar-refractivity contribution in [1.82, 2.24) is 0 Å². The predicted molar refractivity (Wildman–Crippen MR) is 61.5 cm³/mol. The average Bonchev–Trinajstić information content (AvgIpc) is 2.23. The summed E-state index contributed by atoms with van der Waals surface area (Å²) in [5, 5.41) is 3.43. The van der Waals surface area contributed by atoms with Gasteiger partial charge in [-0.2, -0.15) is 0 Å². The lowest BCUT2D eigenvalue weighted by Gasteiger charge is -2.29. The zero-order valence-corrected chi connectivity index (χ0v) is 8.96. The van der Waals surface area contributed by atoms with Crippen LogP contribution in [0.15, 0.2) is 18.2 Å². The summed E-state index contributed by atoms with van der Waals surface area (Å²) in [6.07, 6.45) is 6.66. The molecule has 0 radical (unpaired) electrons. The number of benzene rings is 1. The highest BCUT2D eigenvalue weighted by atomic mass is 16.5. The van der Waals surface area contributed by atoms with Crippen LogP contribution in [0.4, 0.5) is 5.69 Å². The molecule has 1 fully saturated rings. The molecule has 0 saturated heterocycles. The highest BCUT2D eigenvalue weighted by molar-refractivity contribution is 5.59. The van der Waals surface area contributed by atoms with Gasteiger partial charge in [-0.15, -0.1) is 0 Å². The lowest BCUT2D eigenvalue weighted by atomic mass is 9.95. The van der Waals surface area contributed by atoms with E-state index in [1.165, 1.54) is 36.9 Å². The van der Waals surface area contributed by atoms with Gasteiger partial charge in [-0.1, -0.05) is 6.07 Å². The first kappa shape index (κ1) is 9.08. The molecule has 2 nitrogen and oxygen atoms in total. The highest BCUT2D eigenvalue weighted by Crippen LogP contribution is 2.33. The van der Waals surface area contributed by atoms with Gasteiger partial charge in [0.05, 0.1) is 6.10 Å². The van der Waals surface area contributed by atoms with Gasteiger partial charge in [-0.25, -0.2) is 0 Å². The van der Waals surface area contributed by atoms with Crippen molar-refractivity contribution in [2.45, 2.75) is 38.2 Å². The molecule has 1 aliphatic heterocycles. The van der Waals surface area contributed by atoms with Crippen LogP contribution in [0, 0.1) is 0 Å². The summed E-state index contributed by atoms with van der Waals surface area (Å²) in [4.78, 5) is 0. The summed E-state index contributed by atoms with van der Waals surface area (Å²) in [6, 6.07) is 6.36. The Kier molecular flexibility index (Phi) is 2.28. The standard InChI is InChI=1S/C13H17NO/c1-4-10(5-1)15-13-8-2-7-12-11(13)6-3-9-14-12/h2,7-8,10,14H,1,3-6,9H2. The van der Waals surface area contributed by atoms with Crippen LogP contribution in [0.1, 0.15) is 31.2 Å². The normalized spacial score (nSPS) is 20.0. The third kappa shape index (κ3) is 1.69. The van der Waals surface area contributed by atoms with Crippen molar-refractivity contribution >= 4 is 5.69 Å². The van der Waals surface area contributed by atoms with E-state index in [0.29, 0.717) is 6.10 Å². The minimum absolute atomic E-state index is 0.485. The van der Waals surface area contributed by atoms with E-state index in [-0.39, 0.29) is 0 Å². The molecule has 1 aliphatic carbocycles. The summed E-state index contributed by atoms with van der Waals surface area (Å²) in [7, 11) is 0. The van der Waals surface area contributed by atoms with E-state index >= 15 is 0 Å². The summed E-state index contributed by atoms with van der Waals surface area (Å²) < 4.78 is 6.01. The second kappa shape index (κ2) is 3.76. The molecule has 1 saturated carbocycles. The first-order valence-corrected chi connectivity index (χ1v) is 5.96. The van der Waals surface area contributed by atoms with Gasteiger partial charge >= 0.3 is 0 Å². The Bertz CT molecular complexity index is 358. The molecule has 0 unspecified atom stereocenters. The van der Waals surface area contributed by atoms with Gasteiger partial charge in [0.1, 0.15) is 5.75 Å². The minimum atomic E-state index is 0.485. The van der Waals surface area contributed by atoms with Crippen LogP contribution >= 0.6 is 0 Å². The number of ether oxygens (including phenoxy) is 1. The van der Waals surface area contributed by atoms with Gasteiger partial charge in [-0.3, -0.25) is 0 Å². The van der Waals surface area contributed by atoms with Crippen molar-refractivity contribution < 1.29 is 4.74 Å². The Labute approximate surface area is 90.6 Å². The van der Waals surface area contributed by atoms with Crippen molar-refractivity contribution in [2.75, 3.05) is 11.9 Å². The third-order valence-corrected chi connectivity index (χ3v) is 3.40. The second-order valence-electron chi connectivity index (χ2n) is 4.48. The molecule has 1 aromatic rings. The predicted octanol–water partition coefficient (Wildman–Crippen LogP) is 2.98. The molecular formula is C13H17NO. The fraction of sp³-hybridized carbons (Fsp3) is 0.538. The van der Waals surface area contributed by atoms with Gasteiger partial charge in [0.2, 0.25) is 0 Å². The molecule has 3 rings (SSSR count). The van der Waals surface area contributed by atoms with Gasteiger partial charge in [0, 0.05) is 17.8 Å². The van der Waals surface area contributed by atoms with E-state index in [4.69, 9.17) is 4.74 Å². The number of anilines is 1. The van der Waals surface area contributed by atoms with Gasteiger partial charge in [0.25, 0.3) is 0 Å². The van der Waals surface area contributed by atoms with E-state index in [9.17, 15) is 0 Å². The first-order valence-electron chi connectivity index (χ1n) is 5.96. The fourth-order valence-corrected chi connectivity index (χ4v) is 2.26. The summed E-state index contributed by atoms with van der Waals surface area (Å²) in [5.74, 6) is 1.12. The first-order chi connectivity index (χ1) is 7.43. The lowest BCUT2D eigenvalue weighted by Crippen LogP contribution is -2.25. The van der Waals surface area contributed by atoms with E-state index < -0.39 is 0 Å². The number of nitrogens with one attached hydrogen (secondary N) is 1. The Morgan fingerprint density at radius 1 is 1.20 bits per heavy atom. The monoisotopic (exact) mass is 203 g/mol. The smallest absolute Gasteiger partial charge is 0.124 e. The molecular weight excluding hydrogens is 186 g/mol. The maximum Gasteiger partial charge on any atom is 0.124 e. The van der Waals surface area contributed by atoms with Crippen molar-refractivity contribution in [3.8, 4) is 5.75 Å². The lowest BCUT2D eigenvalue weighted by molar-refractivity contribution is 0.119. The van der Waals surface area contributed by atoms with Crippen molar-refractivity contribution in [1.29, 1.82) is 0 Å². The molecule has 1 heterocycles. The molecule has 0 atom stereocenters. The van der Waals surface area contributed by atoms with Crippen LogP contribution in [-0.4, -0.2) is 12.6 Å². The van der Waals surface area contributed by atoms with E-state index in [2.05, 4.69) is 23.5 Å². The molecule has 0 aromatic heterocycles. The topological polar surface area (TPSA) is 21.3 Å². The van der Waals surface area contributed by atoms with Gasteiger partial charge < -0.3 is 10.1 Å². The molecule has 1 aromatic carbocycles. The highest BCUT2D eigenvalue weighted by Gasteiger charge is 2.21. The largest absolute Gasteiger partial charge is 0.490 e. The van der Waals surface area contributed by atoms with E-state index in [0.717, 1.165) is 18.7 Å². The SMILES string of the molecule is c1cc2c(c(OC3CCC3)c1)CCCN2. The minimum Gasteiger partial charge on any atom is -0.490 e. The molecule has 80 valence electrons. The van der Waals surface area contributed by atoms with Crippen LogP contribution < -0.4 is 10.1 Å². The Morgan fingerprint density at radius 3 is 2.93 bits per heavy atom. The Morgan fingerprint density at radius 2 is 2.13 bits per heavy atom. The van der Waals surface area contributed by atoms with Crippen LogP contribution in [0.5, 0.6) is 5.75 Å². The molecule has 1 N–H and O–H groups in total. The zero-order valence-electron chi connectivity index (χ0n) is 8.96. The number of rotatable bonds is 2. The van der Waals surface area contributed by atoms with Crippen LogP contribution in [-0.2, 0) is 6.42 Å². The fourth-order valence-electron chi connectivity index (χ4n) is 2.26. The summed E-state index contributed by atoms with van der Waals surface area (Å²) in [5.41, 5.74) is 2.66. The van der Waals surface area contributed by atoms with Crippen molar-refractivity contribution in [3.63, 3.8) is 0 Å². The van der Waals surface area contributed by atoms with Crippen LogP contribution in [0.25, 0.3) is 0 Å². The molecule has 2 aliphatic rings. The quantitative estimate of drug-likeness (QED) is 0.797. The average molecular weight is 203 g/mol. The van der Waals surface area contributed by atoms with Gasteiger partial charge in [-0.05, 0) is 44.2 Å². The van der Waals surface area contributed by atoms with Crippen molar-refractivity contribution in [3.05, 3.63) is 23.8 Å². The second-order valence-corrected chi connectivity index (χ2v) is 4.48. The Hall–Kier alpha value is -1.18. The molecule has 15 heavy (non-hydrogen) atoms.